The van der Waals surface area contributed by atoms with Crippen LogP contribution in [-0.4, -0.2) is 38.1 Å². The van der Waals surface area contributed by atoms with Crippen molar-refractivity contribution >= 4 is 5.69 Å². The first-order valence-corrected chi connectivity index (χ1v) is 7.30. The van der Waals surface area contributed by atoms with Gasteiger partial charge in [-0.25, -0.2) is 4.39 Å². The summed E-state index contributed by atoms with van der Waals surface area (Å²) in [4.78, 5) is 4.46. The standard InChI is InChI=1S/C16H26FN3/c1-12(18)15-13(17)7-5-8-14(15)20(4)11-16(19(2)3)9-6-10-16/h5,7-8,12H,6,9-11,18H2,1-4H3/t12-/m1/s1. The normalized spacial score (nSPS) is 18.8. The molecule has 1 saturated carbocycles. The summed E-state index contributed by atoms with van der Waals surface area (Å²) in [6, 6.07) is 4.91. The molecule has 2 rings (SSSR count). The topological polar surface area (TPSA) is 32.5 Å². The number of halogens is 1. The van der Waals surface area contributed by atoms with E-state index in [-0.39, 0.29) is 17.4 Å². The van der Waals surface area contributed by atoms with Gasteiger partial charge in [-0.05, 0) is 52.4 Å². The van der Waals surface area contributed by atoms with Gasteiger partial charge >= 0.3 is 0 Å². The quantitative estimate of drug-likeness (QED) is 0.899. The van der Waals surface area contributed by atoms with Gasteiger partial charge in [0.1, 0.15) is 5.82 Å². The minimum absolute atomic E-state index is 0.211. The predicted molar refractivity (Wildman–Crippen MR) is 82.5 cm³/mol. The minimum Gasteiger partial charge on any atom is -0.372 e. The summed E-state index contributed by atoms with van der Waals surface area (Å²) < 4.78 is 14.0. The molecule has 1 aliphatic rings. The van der Waals surface area contributed by atoms with E-state index in [0.717, 1.165) is 12.2 Å². The van der Waals surface area contributed by atoms with E-state index in [9.17, 15) is 4.39 Å². The number of rotatable bonds is 5. The largest absolute Gasteiger partial charge is 0.372 e. The molecule has 0 bridgehead atoms. The molecule has 0 aromatic heterocycles. The summed E-state index contributed by atoms with van der Waals surface area (Å²) in [6.07, 6.45) is 3.68. The second-order valence-corrected chi connectivity index (χ2v) is 6.29. The number of anilines is 1. The van der Waals surface area contributed by atoms with E-state index in [4.69, 9.17) is 5.73 Å². The van der Waals surface area contributed by atoms with Crippen LogP contribution in [0.25, 0.3) is 0 Å². The Kier molecular flexibility index (Phi) is 4.35. The Labute approximate surface area is 121 Å². The third kappa shape index (κ3) is 2.67. The first-order chi connectivity index (χ1) is 9.37. The lowest BCUT2D eigenvalue weighted by atomic mass is 9.75. The fraction of sp³-hybridized carbons (Fsp3) is 0.625. The zero-order valence-electron chi connectivity index (χ0n) is 13.0. The summed E-state index contributed by atoms with van der Waals surface area (Å²) in [5.41, 5.74) is 7.69. The van der Waals surface area contributed by atoms with Crippen LogP contribution in [0.2, 0.25) is 0 Å². The molecule has 0 unspecified atom stereocenters. The highest BCUT2D eigenvalue weighted by Gasteiger charge is 2.40. The summed E-state index contributed by atoms with van der Waals surface area (Å²) in [7, 11) is 6.29. The highest BCUT2D eigenvalue weighted by Crippen LogP contribution is 2.38. The maximum atomic E-state index is 14.0. The van der Waals surface area contributed by atoms with Crippen molar-refractivity contribution in [2.75, 3.05) is 32.6 Å². The van der Waals surface area contributed by atoms with E-state index >= 15 is 0 Å². The van der Waals surface area contributed by atoms with E-state index in [2.05, 4.69) is 23.9 Å². The van der Waals surface area contributed by atoms with Crippen molar-refractivity contribution in [1.29, 1.82) is 0 Å². The van der Waals surface area contributed by atoms with E-state index in [1.807, 2.05) is 20.0 Å². The van der Waals surface area contributed by atoms with E-state index in [1.165, 1.54) is 25.3 Å². The van der Waals surface area contributed by atoms with Crippen LogP contribution < -0.4 is 10.6 Å². The smallest absolute Gasteiger partial charge is 0.130 e. The van der Waals surface area contributed by atoms with Crippen molar-refractivity contribution in [2.45, 2.75) is 37.8 Å². The number of nitrogens with zero attached hydrogens (tertiary/aromatic N) is 2. The van der Waals surface area contributed by atoms with E-state index in [0.29, 0.717) is 5.56 Å². The molecule has 0 aliphatic heterocycles. The van der Waals surface area contributed by atoms with Gasteiger partial charge in [-0.15, -0.1) is 0 Å². The number of likely N-dealkylation sites (N-methyl/N-ethyl adjacent to an activating group) is 2. The van der Waals surface area contributed by atoms with Crippen LogP contribution in [-0.2, 0) is 0 Å². The van der Waals surface area contributed by atoms with Crippen LogP contribution in [0.4, 0.5) is 10.1 Å². The number of hydrogen-bond donors (Lipinski definition) is 1. The Morgan fingerprint density at radius 2 is 1.95 bits per heavy atom. The van der Waals surface area contributed by atoms with Crippen molar-refractivity contribution in [3.8, 4) is 0 Å². The lowest BCUT2D eigenvalue weighted by Crippen LogP contribution is -2.56. The van der Waals surface area contributed by atoms with Crippen LogP contribution in [0.3, 0.4) is 0 Å². The molecule has 112 valence electrons. The molecule has 0 spiro atoms. The van der Waals surface area contributed by atoms with Gasteiger partial charge in [-0.3, -0.25) is 0 Å². The fourth-order valence-electron chi connectivity index (χ4n) is 3.17. The van der Waals surface area contributed by atoms with Crippen molar-refractivity contribution in [3.05, 3.63) is 29.6 Å². The third-order valence-corrected chi connectivity index (χ3v) is 4.66. The average Bonchev–Trinajstić information content (AvgIpc) is 2.32. The zero-order valence-corrected chi connectivity index (χ0v) is 13.0. The first kappa shape index (κ1) is 15.3. The number of nitrogens with two attached hydrogens (primary N) is 1. The Hall–Kier alpha value is -1.13. The van der Waals surface area contributed by atoms with Crippen molar-refractivity contribution in [1.82, 2.24) is 4.90 Å². The number of hydrogen-bond acceptors (Lipinski definition) is 3. The SMILES string of the molecule is C[C@@H](N)c1c(F)cccc1N(C)CC1(N(C)C)CCC1. The first-order valence-electron chi connectivity index (χ1n) is 7.30. The van der Waals surface area contributed by atoms with E-state index in [1.54, 1.807) is 6.07 Å². The maximum Gasteiger partial charge on any atom is 0.130 e. The predicted octanol–water partition coefficient (Wildman–Crippen LogP) is 2.77. The van der Waals surface area contributed by atoms with Crippen molar-refractivity contribution in [2.24, 2.45) is 5.73 Å². The molecule has 0 amide bonds. The zero-order chi connectivity index (χ0) is 14.9. The van der Waals surface area contributed by atoms with E-state index < -0.39 is 0 Å². The molecule has 0 heterocycles. The summed E-state index contributed by atoms with van der Waals surface area (Å²) in [6.45, 7) is 2.74. The Morgan fingerprint density at radius 1 is 1.30 bits per heavy atom. The molecule has 0 radical (unpaired) electrons. The molecule has 1 atom stereocenters. The van der Waals surface area contributed by atoms with Crippen molar-refractivity contribution < 1.29 is 4.39 Å². The molecule has 20 heavy (non-hydrogen) atoms. The maximum absolute atomic E-state index is 14.0. The molecule has 1 aromatic carbocycles. The fourth-order valence-corrected chi connectivity index (χ4v) is 3.17. The molecule has 3 nitrogen and oxygen atoms in total. The van der Waals surface area contributed by atoms with Crippen LogP contribution in [0, 0.1) is 5.82 Å². The van der Waals surface area contributed by atoms with Crippen LogP contribution >= 0.6 is 0 Å². The highest BCUT2D eigenvalue weighted by molar-refractivity contribution is 5.55. The van der Waals surface area contributed by atoms with Gasteiger partial charge < -0.3 is 15.5 Å². The average molecular weight is 279 g/mol. The van der Waals surface area contributed by atoms with Crippen LogP contribution in [0.15, 0.2) is 18.2 Å². The Balaban J connectivity index is 2.25. The van der Waals surface area contributed by atoms with Crippen LogP contribution in [0.1, 0.15) is 37.8 Å². The lowest BCUT2D eigenvalue weighted by Gasteiger charge is -2.49. The second-order valence-electron chi connectivity index (χ2n) is 6.29. The molecule has 1 aromatic rings. The molecule has 2 N–H and O–H groups in total. The van der Waals surface area contributed by atoms with Gasteiger partial charge in [0.25, 0.3) is 0 Å². The second kappa shape index (κ2) is 5.70. The van der Waals surface area contributed by atoms with Gasteiger partial charge in [0.15, 0.2) is 0 Å². The Morgan fingerprint density at radius 3 is 2.40 bits per heavy atom. The third-order valence-electron chi connectivity index (χ3n) is 4.66. The molecular weight excluding hydrogens is 253 g/mol. The molecule has 1 fully saturated rings. The summed E-state index contributed by atoms with van der Waals surface area (Å²) in [5.74, 6) is -0.211. The Bertz CT molecular complexity index is 467. The monoisotopic (exact) mass is 279 g/mol. The van der Waals surface area contributed by atoms with Gasteiger partial charge in [0, 0.05) is 36.4 Å². The van der Waals surface area contributed by atoms with Gasteiger partial charge in [-0.2, -0.15) is 0 Å². The van der Waals surface area contributed by atoms with Gasteiger partial charge in [-0.1, -0.05) is 6.07 Å². The molecule has 4 heteroatoms. The molecule has 1 aliphatic carbocycles. The number of benzene rings is 1. The van der Waals surface area contributed by atoms with Gasteiger partial charge in [0.2, 0.25) is 0 Å². The summed E-state index contributed by atoms with van der Waals surface area (Å²) >= 11 is 0. The molecular formula is C16H26FN3. The van der Waals surface area contributed by atoms with Crippen molar-refractivity contribution in [3.63, 3.8) is 0 Å². The van der Waals surface area contributed by atoms with Gasteiger partial charge in [0.05, 0.1) is 0 Å². The highest BCUT2D eigenvalue weighted by atomic mass is 19.1. The molecule has 0 saturated heterocycles. The summed E-state index contributed by atoms with van der Waals surface area (Å²) in [5, 5.41) is 0. The minimum atomic E-state index is -0.301. The lowest BCUT2D eigenvalue weighted by molar-refractivity contribution is 0.0682. The van der Waals surface area contributed by atoms with Crippen LogP contribution in [0.5, 0.6) is 0 Å².